The van der Waals surface area contributed by atoms with Gasteiger partial charge in [0.2, 0.25) is 5.91 Å². The number of carboxylic acid groups (broad SMARTS) is 1. The smallest absolute Gasteiger partial charge is 0.323 e. The first-order valence-corrected chi connectivity index (χ1v) is 6.83. The fourth-order valence-electron chi connectivity index (χ4n) is 2.45. The molecule has 1 aliphatic rings. The predicted molar refractivity (Wildman–Crippen MR) is 73.3 cm³/mol. The van der Waals surface area contributed by atoms with E-state index < -0.39 is 18.0 Å². The molecule has 20 heavy (non-hydrogen) atoms. The molecule has 7 nitrogen and oxygen atoms in total. The Balaban J connectivity index is 2.67. The van der Waals surface area contributed by atoms with Crippen molar-refractivity contribution in [3.05, 3.63) is 0 Å². The van der Waals surface area contributed by atoms with E-state index in [-0.39, 0.29) is 18.5 Å². The van der Waals surface area contributed by atoms with Gasteiger partial charge in [-0.2, -0.15) is 0 Å². The highest BCUT2D eigenvalue weighted by Crippen LogP contribution is 2.23. The minimum absolute atomic E-state index is 0.0484. The van der Waals surface area contributed by atoms with E-state index in [1.54, 1.807) is 21.0 Å². The van der Waals surface area contributed by atoms with Crippen LogP contribution in [0.15, 0.2) is 0 Å². The van der Waals surface area contributed by atoms with E-state index >= 15 is 0 Å². The summed E-state index contributed by atoms with van der Waals surface area (Å²) in [5.74, 6) is -1.27. The van der Waals surface area contributed by atoms with Gasteiger partial charge in [0, 0.05) is 20.1 Å². The van der Waals surface area contributed by atoms with Crippen molar-refractivity contribution >= 4 is 17.9 Å². The van der Waals surface area contributed by atoms with Gasteiger partial charge in [-0.15, -0.1) is 0 Å². The maximum atomic E-state index is 12.2. The molecule has 114 valence electrons. The average molecular weight is 285 g/mol. The van der Waals surface area contributed by atoms with Gasteiger partial charge in [0.15, 0.2) is 0 Å². The zero-order chi connectivity index (χ0) is 15.3. The monoisotopic (exact) mass is 285 g/mol. The van der Waals surface area contributed by atoms with Gasteiger partial charge in [0.25, 0.3) is 0 Å². The van der Waals surface area contributed by atoms with E-state index in [2.05, 4.69) is 5.32 Å². The van der Waals surface area contributed by atoms with E-state index in [1.807, 2.05) is 0 Å². The summed E-state index contributed by atoms with van der Waals surface area (Å²) in [5, 5.41) is 11.5. The van der Waals surface area contributed by atoms with E-state index in [1.165, 1.54) is 9.80 Å². The number of carbonyl (C=O) groups excluding carboxylic acids is 2. The molecule has 1 fully saturated rings. The molecule has 0 spiro atoms. The molecule has 0 radical (unpaired) electrons. The Morgan fingerprint density at radius 2 is 1.80 bits per heavy atom. The van der Waals surface area contributed by atoms with Crippen LogP contribution in [0.1, 0.15) is 32.6 Å². The summed E-state index contributed by atoms with van der Waals surface area (Å²) in [4.78, 5) is 37.5. The summed E-state index contributed by atoms with van der Waals surface area (Å²) < 4.78 is 0. The zero-order valence-electron chi connectivity index (χ0n) is 12.3. The lowest BCUT2D eigenvalue weighted by Gasteiger charge is -2.29. The number of nitrogens with zero attached hydrogens (tertiary/aromatic N) is 2. The highest BCUT2D eigenvalue weighted by molar-refractivity contribution is 5.87. The molecule has 0 bridgehead atoms. The number of likely N-dealkylation sites (N-methyl/N-ethyl adjacent to an activating group) is 1. The second kappa shape index (κ2) is 7.12. The summed E-state index contributed by atoms with van der Waals surface area (Å²) in [6.07, 6.45) is 3.63. The topological polar surface area (TPSA) is 90.0 Å². The Morgan fingerprint density at radius 3 is 2.25 bits per heavy atom. The Bertz CT molecular complexity index is 378. The number of nitrogens with one attached hydrogen (secondary N) is 1. The van der Waals surface area contributed by atoms with E-state index in [0.29, 0.717) is 0 Å². The van der Waals surface area contributed by atoms with Crippen molar-refractivity contribution in [2.75, 3.05) is 20.6 Å². The fourth-order valence-corrected chi connectivity index (χ4v) is 2.45. The lowest BCUT2D eigenvalue weighted by Crippen LogP contribution is -2.53. The molecule has 0 aromatic heterocycles. The van der Waals surface area contributed by atoms with Crippen LogP contribution < -0.4 is 5.32 Å². The van der Waals surface area contributed by atoms with Crippen molar-refractivity contribution in [2.45, 2.75) is 44.7 Å². The number of aliphatic carboxylic acids is 1. The highest BCUT2D eigenvalue weighted by Gasteiger charge is 2.30. The van der Waals surface area contributed by atoms with Crippen molar-refractivity contribution in [3.63, 3.8) is 0 Å². The average Bonchev–Trinajstić information content (AvgIpc) is 2.87. The van der Waals surface area contributed by atoms with Crippen LogP contribution in [0, 0.1) is 0 Å². The van der Waals surface area contributed by atoms with Gasteiger partial charge in [-0.05, 0) is 19.8 Å². The Hall–Kier alpha value is -1.79. The molecule has 1 saturated carbocycles. The number of rotatable bonds is 5. The van der Waals surface area contributed by atoms with Crippen LogP contribution in [-0.4, -0.2) is 65.5 Å². The molecule has 0 aliphatic heterocycles. The lowest BCUT2D eigenvalue weighted by atomic mass is 10.2. The normalized spacial score (nSPS) is 16.6. The third-order valence-electron chi connectivity index (χ3n) is 3.48. The van der Waals surface area contributed by atoms with Crippen molar-refractivity contribution in [3.8, 4) is 0 Å². The first kappa shape index (κ1) is 16.3. The molecule has 1 rings (SSSR count). The largest absolute Gasteiger partial charge is 0.480 e. The van der Waals surface area contributed by atoms with Crippen LogP contribution in [-0.2, 0) is 9.59 Å². The van der Waals surface area contributed by atoms with Gasteiger partial charge in [0.05, 0.1) is 0 Å². The molecule has 0 saturated heterocycles. The summed E-state index contributed by atoms with van der Waals surface area (Å²) in [6, 6.07) is -1.20. The summed E-state index contributed by atoms with van der Waals surface area (Å²) in [6.45, 7) is 1.26. The number of amides is 3. The molecule has 7 heteroatoms. The third kappa shape index (κ3) is 4.40. The summed E-state index contributed by atoms with van der Waals surface area (Å²) in [5.41, 5.74) is 0. The number of hydrogen-bond acceptors (Lipinski definition) is 3. The molecule has 0 heterocycles. The van der Waals surface area contributed by atoms with Gasteiger partial charge in [-0.1, -0.05) is 12.8 Å². The van der Waals surface area contributed by atoms with E-state index in [4.69, 9.17) is 5.11 Å². The maximum Gasteiger partial charge on any atom is 0.323 e. The Morgan fingerprint density at radius 1 is 1.25 bits per heavy atom. The molecule has 1 aliphatic carbocycles. The molecule has 0 aromatic rings. The van der Waals surface area contributed by atoms with Crippen LogP contribution in [0.25, 0.3) is 0 Å². The first-order chi connectivity index (χ1) is 9.32. The van der Waals surface area contributed by atoms with E-state index in [9.17, 15) is 14.4 Å². The van der Waals surface area contributed by atoms with Crippen molar-refractivity contribution in [1.82, 2.24) is 15.1 Å². The van der Waals surface area contributed by atoms with Crippen LogP contribution in [0.2, 0.25) is 0 Å². The quantitative estimate of drug-likeness (QED) is 0.769. The maximum absolute atomic E-state index is 12.2. The molecule has 2 N–H and O–H groups in total. The number of carbonyl (C=O) groups is 3. The first-order valence-electron chi connectivity index (χ1n) is 6.83. The molecular formula is C13H23N3O4. The molecule has 1 atom stereocenters. The zero-order valence-corrected chi connectivity index (χ0v) is 12.3. The van der Waals surface area contributed by atoms with Gasteiger partial charge >= 0.3 is 12.0 Å². The second-order valence-electron chi connectivity index (χ2n) is 5.36. The van der Waals surface area contributed by atoms with E-state index in [0.717, 1.165) is 25.7 Å². The molecular weight excluding hydrogens is 262 g/mol. The van der Waals surface area contributed by atoms with Crippen LogP contribution in [0.3, 0.4) is 0 Å². The van der Waals surface area contributed by atoms with Crippen molar-refractivity contribution < 1.29 is 19.5 Å². The standard InChI is InChI=1S/C13H23N3O4/c1-9(12(19)15(2)3)14-13(20)16(8-11(17)18)10-6-4-5-7-10/h9-10H,4-8H2,1-3H3,(H,14,20)(H,17,18). The Kier molecular flexibility index (Phi) is 5.79. The number of carboxylic acids is 1. The van der Waals surface area contributed by atoms with Crippen molar-refractivity contribution in [1.29, 1.82) is 0 Å². The lowest BCUT2D eigenvalue weighted by molar-refractivity contribution is -0.138. The summed E-state index contributed by atoms with van der Waals surface area (Å²) in [7, 11) is 3.22. The SMILES string of the molecule is CC(NC(=O)N(CC(=O)O)C1CCCC1)C(=O)N(C)C. The predicted octanol–water partition coefficient (Wildman–Crippen LogP) is 0.502. The van der Waals surface area contributed by atoms with Crippen LogP contribution in [0.5, 0.6) is 0 Å². The third-order valence-corrected chi connectivity index (χ3v) is 3.48. The number of hydrogen-bond donors (Lipinski definition) is 2. The molecule has 1 unspecified atom stereocenters. The van der Waals surface area contributed by atoms with Crippen molar-refractivity contribution in [2.24, 2.45) is 0 Å². The highest BCUT2D eigenvalue weighted by atomic mass is 16.4. The van der Waals surface area contributed by atoms with Crippen LogP contribution in [0.4, 0.5) is 4.79 Å². The Labute approximate surface area is 118 Å². The minimum atomic E-state index is -1.04. The van der Waals surface area contributed by atoms with Gasteiger partial charge < -0.3 is 20.2 Å². The van der Waals surface area contributed by atoms with Crippen LogP contribution >= 0.6 is 0 Å². The van der Waals surface area contributed by atoms with Gasteiger partial charge in [-0.25, -0.2) is 4.79 Å². The minimum Gasteiger partial charge on any atom is -0.480 e. The summed E-state index contributed by atoms with van der Waals surface area (Å²) >= 11 is 0. The molecule has 3 amide bonds. The second-order valence-corrected chi connectivity index (χ2v) is 5.36. The molecule has 0 aromatic carbocycles. The number of urea groups is 1. The van der Waals surface area contributed by atoms with Gasteiger partial charge in [-0.3, -0.25) is 9.59 Å². The van der Waals surface area contributed by atoms with Gasteiger partial charge in [0.1, 0.15) is 12.6 Å². The fraction of sp³-hybridized carbons (Fsp3) is 0.769.